The fraction of sp³-hybridized carbons (Fsp3) is 0.571. The lowest BCUT2D eigenvalue weighted by atomic mass is 10.4. The molecule has 1 rings (SSSR count). The van der Waals surface area contributed by atoms with Crippen molar-refractivity contribution in [2.24, 2.45) is 0 Å². The van der Waals surface area contributed by atoms with Gasteiger partial charge in [-0.25, -0.2) is 8.42 Å². The summed E-state index contributed by atoms with van der Waals surface area (Å²) in [4.78, 5) is 0.832. The van der Waals surface area contributed by atoms with E-state index in [2.05, 4.69) is 0 Å². The van der Waals surface area contributed by atoms with Crippen LogP contribution < -0.4 is 0 Å². The number of benzene rings is 1. The Hall–Kier alpha value is -0.760. The van der Waals surface area contributed by atoms with Crippen molar-refractivity contribution in [1.29, 1.82) is 0 Å². The van der Waals surface area contributed by atoms with Crippen LogP contribution in [0.5, 0.6) is 0 Å². The van der Waals surface area contributed by atoms with E-state index in [-0.39, 0.29) is 11.2 Å². The maximum absolute atomic E-state index is 12.2. The average Bonchev–Trinajstić information content (AvgIpc) is 2.44. The van der Waals surface area contributed by atoms with Gasteiger partial charge < -0.3 is 9.47 Å². The molecule has 0 radical (unpaired) electrons. The molecule has 21 heavy (non-hydrogen) atoms. The normalized spacial score (nSPS) is 13.5. The molecule has 1 aromatic carbocycles. The molecular formula is C14H22O5S2. The number of hydrogen-bond donors (Lipinski definition) is 0. The van der Waals surface area contributed by atoms with Crippen molar-refractivity contribution >= 4 is 20.6 Å². The SMILES string of the molecule is CCOC(CCS(=O)c1ccc(S(C)(=O)=O)cc1)OCC. The zero-order chi connectivity index (χ0) is 15.9. The molecule has 0 aliphatic carbocycles. The summed E-state index contributed by atoms with van der Waals surface area (Å²) in [5.41, 5.74) is 0. The number of ether oxygens (including phenoxy) is 2. The lowest BCUT2D eigenvalue weighted by Crippen LogP contribution is -2.20. The lowest BCUT2D eigenvalue weighted by molar-refractivity contribution is -0.136. The highest BCUT2D eigenvalue weighted by atomic mass is 32.2. The summed E-state index contributed by atoms with van der Waals surface area (Å²) in [6, 6.07) is 6.13. The minimum atomic E-state index is -3.22. The summed E-state index contributed by atoms with van der Waals surface area (Å²) in [7, 11) is -4.43. The second-order valence-electron chi connectivity index (χ2n) is 4.42. The third-order valence-electron chi connectivity index (χ3n) is 2.76. The van der Waals surface area contributed by atoms with Gasteiger partial charge in [0.25, 0.3) is 0 Å². The third kappa shape index (κ3) is 6.25. The Morgan fingerprint density at radius 3 is 2.05 bits per heavy atom. The van der Waals surface area contributed by atoms with Crippen molar-refractivity contribution in [2.45, 2.75) is 36.3 Å². The van der Waals surface area contributed by atoms with Gasteiger partial charge in [0.2, 0.25) is 0 Å². The van der Waals surface area contributed by atoms with Gasteiger partial charge in [-0.15, -0.1) is 0 Å². The molecule has 1 unspecified atom stereocenters. The minimum Gasteiger partial charge on any atom is -0.353 e. The molecule has 7 heteroatoms. The molecule has 0 bridgehead atoms. The number of rotatable bonds is 9. The van der Waals surface area contributed by atoms with Gasteiger partial charge in [-0.2, -0.15) is 0 Å². The zero-order valence-electron chi connectivity index (χ0n) is 12.6. The predicted octanol–water partition coefficient (Wildman–Crippen LogP) is 1.99. The first kappa shape index (κ1) is 18.3. The predicted molar refractivity (Wildman–Crippen MR) is 82.5 cm³/mol. The van der Waals surface area contributed by atoms with Gasteiger partial charge >= 0.3 is 0 Å². The van der Waals surface area contributed by atoms with Gasteiger partial charge in [0.05, 0.1) is 15.7 Å². The molecule has 0 fully saturated rings. The monoisotopic (exact) mass is 334 g/mol. The van der Waals surface area contributed by atoms with Crippen molar-refractivity contribution in [3.63, 3.8) is 0 Å². The Kier molecular flexibility index (Phi) is 7.51. The Labute approximate surface area is 129 Å². The first-order valence-electron chi connectivity index (χ1n) is 6.80. The molecule has 0 spiro atoms. The van der Waals surface area contributed by atoms with Crippen molar-refractivity contribution in [3.05, 3.63) is 24.3 Å². The number of sulfone groups is 1. The Morgan fingerprint density at radius 1 is 1.10 bits per heavy atom. The van der Waals surface area contributed by atoms with Crippen molar-refractivity contribution in [1.82, 2.24) is 0 Å². The molecule has 5 nitrogen and oxygen atoms in total. The highest BCUT2D eigenvalue weighted by Crippen LogP contribution is 2.14. The highest BCUT2D eigenvalue weighted by Gasteiger charge is 2.13. The first-order chi connectivity index (χ1) is 9.88. The third-order valence-corrected chi connectivity index (χ3v) is 5.29. The van der Waals surface area contributed by atoms with Gasteiger partial charge in [0.1, 0.15) is 0 Å². The molecular weight excluding hydrogens is 312 g/mol. The van der Waals surface area contributed by atoms with Crippen LogP contribution in [0.25, 0.3) is 0 Å². The number of hydrogen-bond acceptors (Lipinski definition) is 5. The Balaban J connectivity index is 2.63. The van der Waals surface area contributed by atoms with E-state index in [0.29, 0.717) is 30.3 Å². The molecule has 0 saturated heterocycles. The quantitative estimate of drug-likeness (QED) is 0.646. The van der Waals surface area contributed by atoms with E-state index >= 15 is 0 Å². The van der Waals surface area contributed by atoms with Crippen LogP contribution in [0.4, 0.5) is 0 Å². The molecule has 1 atom stereocenters. The summed E-state index contributed by atoms with van der Waals surface area (Å²) < 4.78 is 45.7. The van der Waals surface area contributed by atoms with Crippen LogP contribution >= 0.6 is 0 Å². The van der Waals surface area contributed by atoms with Crippen LogP contribution in [-0.2, 0) is 30.1 Å². The van der Waals surface area contributed by atoms with Crippen LogP contribution in [-0.4, -0.2) is 44.1 Å². The molecule has 0 heterocycles. The van der Waals surface area contributed by atoms with E-state index in [1.54, 1.807) is 12.1 Å². The lowest BCUT2D eigenvalue weighted by Gasteiger charge is -2.16. The Bertz CT molecular complexity index is 545. The van der Waals surface area contributed by atoms with Gasteiger partial charge in [-0.05, 0) is 38.1 Å². The van der Waals surface area contributed by atoms with Gasteiger partial charge in [0, 0.05) is 36.5 Å². The summed E-state index contributed by atoms with van der Waals surface area (Å²) >= 11 is 0. The van der Waals surface area contributed by atoms with E-state index in [1.165, 1.54) is 12.1 Å². The molecule has 0 saturated carbocycles. The maximum Gasteiger partial charge on any atom is 0.175 e. The topological polar surface area (TPSA) is 69.7 Å². The van der Waals surface area contributed by atoms with Crippen LogP contribution in [0, 0.1) is 0 Å². The van der Waals surface area contributed by atoms with Crippen LogP contribution in [0.1, 0.15) is 20.3 Å². The molecule has 0 amide bonds. The standard InChI is InChI=1S/C14H22O5S2/c1-4-18-14(19-5-2)10-11-20(15)12-6-8-13(9-7-12)21(3,16)17/h6-9,14H,4-5,10-11H2,1-3H3. The molecule has 0 N–H and O–H groups in total. The van der Waals surface area contributed by atoms with Crippen LogP contribution in [0.2, 0.25) is 0 Å². The van der Waals surface area contributed by atoms with E-state index in [4.69, 9.17) is 9.47 Å². The fourth-order valence-electron chi connectivity index (χ4n) is 1.75. The Morgan fingerprint density at radius 2 is 1.62 bits per heavy atom. The van der Waals surface area contributed by atoms with Crippen LogP contribution in [0.3, 0.4) is 0 Å². The second kappa shape index (κ2) is 8.63. The van der Waals surface area contributed by atoms with E-state index < -0.39 is 20.6 Å². The van der Waals surface area contributed by atoms with Crippen molar-refractivity contribution < 1.29 is 22.1 Å². The highest BCUT2D eigenvalue weighted by molar-refractivity contribution is 7.90. The van der Waals surface area contributed by atoms with Gasteiger partial charge in [-0.3, -0.25) is 4.21 Å². The molecule has 0 aromatic heterocycles. The molecule has 120 valence electrons. The summed E-state index contributed by atoms with van der Waals surface area (Å²) in [5, 5.41) is 0. The van der Waals surface area contributed by atoms with Crippen molar-refractivity contribution in [3.8, 4) is 0 Å². The minimum absolute atomic E-state index is 0.227. The maximum atomic E-state index is 12.2. The van der Waals surface area contributed by atoms with Gasteiger partial charge in [0.15, 0.2) is 16.1 Å². The fourth-order valence-corrected chi connectivity index (χ4v) is 3.46. The van der Waals surface area contributed by atoms with E-state index in [9.17, 15) is 12.6 Å². The summed E-state index contributed by atoms with van der Waals surface area (Å²) in [6.07, 6.45) is 1.33. The first-order valence-corrected chi connectivity index (χ1v) is 10.0. The molecule has 0 aliphatic rings. The average molecular weight is 334 g/mol. The molecule has 0 aliphatic heterocycles. The van der Waals surface area contributed by atoms with E-state index in [1.807, 2.05) is 13.8 Å². The summed E-state index contributed by atoms with van der Waals surface area (Å²) in [5.74, 6) is 0.406. The van der Waals surface area contributed by atoms with Crippen LogP contribution in [0.15, 0.2) is 34.1 Å². The molecule has 1 aromatic rings. The zero-order valence-corrected chi connectivity index (χ0v) is 14.2. The second-order valence-corrected chi connectivity index (χ2v) is 8.01. The smallest absolute Gasteiger partial charge is 0.175 e. The largest absolute Gasteiger partial charge is 0.353 e. The van der Waals surface area contributed by atoms with Gasteiger partial charge in [-0.1, -0.05) is 0 Å². The van der Waals surface area contributed by atoms with Crippen molar-refractivity contribution in [2.75, 3.05) is 25.2 Å². The van der Waals surface area contributed by atoms with E-state index in [0.717, 1.165) is 6.26 Å². The summed E-state index contributed by atoms with van der Waals surface area (Å²) in [6.45, 7) is 4.85.